The summed E-state index contributed by atoms with van der Waals surface area (Å²) in [5.74, 6) is 0.836. The largest absolute Gasteiger partial charge is 0.369 e. The van der Waals surface area contributed by atoms with E-state index >= 15 is 0 Å². The van der Waals surface area contributed by atoms with Crippen molar-refractivity contribution < 1.29 is 4.79 Å². The number of guanidine groups is 1. The number of halogens is 1. The molecule has 1 atom stereocenters. The van der Waals surface area contributed by atoms with E-state index in [2.05, 4.69) is 31.9 Å². The molecule has 1 aromatic rings. The predicted octanol–water partition coefficient (Wildman–Crippen LogP) is 1.86. The Labute approximate surface area is 155 Å². The summed E-state index contributed by atoms with van der Waals surface area (Å²) in [4.78, 5) is 18.1. The molecule has 0 radical (unpaired) electrons. The highest BCUT2D eigenvalue weighted by Crippen LogP contribution is 2.23. The standard InChI is InChI=1S/C18H28ClN5O/c1-13(2)17(25)21-8-9-22-18(20-3)23-15-7-10-24(12-15)16-6-4-5-14(19)11-16/h4-6,11,13,15H,7-10,12H2,1-3H3,(H,21,25)(H2,20,22,23). The van der Waals surface area contributed by atoms with Crippen LogP contribution in [0.3, 0.4) is 0 Å². The predicted molar refractivity (Wildman–Crippen MR) is 104 cm³/mol. The summed E-state index contributed by atoms with van der Waals surface area (Å²) in [5.41, 5.74) is 1.15. The van der Waals surface area contributed by atoms with Crippen molar-refractivity contribution in [2.45, 2.75) is 26.3 Å². The Kier molecular flexibility index (Phi) is 7.37. The van der Waals surface area contributed by atoms with Crippen LogP contribution in [0.5, 0.6) is 0 Å². The molecule has 7 heteroatoms. The molecule has 1 fully saturated rings. The van der Waals surface area contributed by atoms with E-state index in [1.165, 1.54) is 0 Å². The third kappa shape index (κ3) is 6.12. The summed E-state index contributed by atoms with van der Waals surface area (Å²) in [7, 11) is 1.76. The molecule has 0 aromatic heterocycles. The van der Waals surface area contributed by atoms with Crippen LogP contribution in [-0.2, 0) is 4.79 Å². The summed E-state index contributed by atoms with van der Waals surface area (Å²) >= 11 is 6.08. The van der Waals surface area contributed by atoms with E-state index in [4.69, 9.17) is 11.6 Å². The molecule has 0 bridgehead atoms. The molecule has 0 spiro atoms. The second kappa shape index (κ2) is 9.51. The van der Waals surface area contributed by atoms with Gasteiger partial charge in [-0.15, -0.1) is 0 Å². The topological polar surface area (TPSA) is 68.8 Å². The minimum atomic E-state index is 0.00778. The third-order valence-corrected chi connectivity index (χ3v) is 4.40. The van der Waals surface area contributed by atoms with Gasteiger partial charge in [0.2, 0.25) is 5.91 Å². The molecule has 1 unspecified atom stereocenters. The first-order valence-corrected chi connectivity index (χ1v) is 9.12. The number of carbonyl (C=O) groups excluding carboxylic acids is 1. The lowest BCUT2D eigenvalue weighted by Gasteiger charge is -2.20. The number of carbonyl (C=O) groups is 1. The van der Waals surface area contributed by atoms with Gasteiger partial charge >= 0.3 is 0 Å². The van der Waals surface area contributed by atoms with Crippen molar-refractivity contribution in [1.29, 1.82) is 0 Å². The zero-order valence-corrected chi connectivity index (χ0v) is 15.9. The lowest BCUT2D eigenvalue weighted by molar-refractivity contribution is -0.123. The smallest absolute Gasteiger partial charge is 0.222 e. The zero-order chi connectivity index (χ0) is 18.2. The maximum absolute atomic E-state index is 11.5. The number of amides is 1. The van der Waals surface area contributed by atoms with Gasteiger partial charge in [-0.25, -0.2) is 0 Å². The number of hydrogen-bond acceptors (Lipinski definition) is 3. The maximum atomic E-state index is 11.5. The zero-order valence-electron chi connectivity index (χ0n) is 15.2. The molecule has 1 amide bonds. The van der Waals surface area contributed by atoms with E-state index in [1.807, 2.05) is 32.0 Å². The number of rotatable bonds is 6. The van der Waals surface area contributed by atoms with Gasteiger partial charge in [0.25, 0.3) is 0 Å². The molecule has 2 rings (SSSR count). The quantitative estimate of drug-likeness (QED) is 0.409. The summed E-state index contributed by atoms with van der Waals surface area (Å²) in [5, 5.41) is 10.3. The van der Waals surface area contributed by atoms with Gasteiger partial charge in [-0.3, -0.25) is 9.79 Å². The molecule has 25 heavy (non-hydrogen) atoms. The van der Waals surface area contributed by atoms with Crippen LogP contribution in [0.15, 0.2) is 29.3 Å². The number of nitrogens with one attached hydrogen (secondary N) is 3. The van der Waals surface area contributed by atoms with Crippen molar-refractivity contribution in [2.24, 2.45) is 10.9 Å². The van der Waals surface area contributed by atoms with Crippen molar-refractivity contribution in [2.75, 3.05) is 38.1 Å². The van der Waals surface area contributed by atoms with Crippen LogP contribution >= 0.6 is 11.6 Å². The first kappa shape index (κ1) is 19.4. The van der Waals surface area contributed by atoms with Crippen molar-refractivity contribution in [3.05, 3.63) is 29.3 Å². The lowest BCUT2D eigenvalue weighted by Crippen LogP contribution is -2.46. The van der Waals surface area contributed by atoms with Gasteiger partial charge in [0, 0.05) is 55.9 Å². The van der Waals surface area contributed by atoms with E-state index in [0.29, 0.717) is 19.1 Å². The molecule has 1 saturated heterocycles. The molecule has 6 nitrogen and oxygen atoms in total. The second-order valence-electron chi connectivity index (χ2n) is 6.50. The maximum Gasteiger partial charge on any atom is 0.222 e. The van der Waals surface area contributed by atoms with Gasteiger partial charge in [0.05, 0.1) is 0 Å². The highest BCUT2D eigenvalue weighted by atomic mass is 35.5. The molecule has 1 aromatic carbocycles. The molecular weight excluding hydrogens is 338 g/mol. The van der Waals surface area contributed by atoms with Gasteiger partial charge in [0.1, 0.15) is 0 Å². The monoisotopic (exact) mass is 365 g/mol. The van der Waals surface area contributed by atoms with Crippen molar-refractivity contribution in [3.63, 3.8) is 0 Å². The van der Waals surface area contributed by atoms with E-state index in [-0.39, 0.29) is 11.8 Å². The van der Waals surface area contributed by atoms with Crippen LogP contribution in [0, 0.1) is 5.92 Å². The number of benzene rings is 1. The summed E-state index contributed by atoms with van der Waals surface area (Å²) in [6.07, 6.45) is 1.04. The molecule has 1 aliphatic heterocycles. The fraction of sp³-hybridized carbons (Fsp3) is 0.556. The Morgan fingerprint density at radius 1 is 1.36 bits per heavy atom. The molecule has 138 valence electrons. The van der Waals surface area contributed by atoms with E-state index in [9.17, 15) is 4.79 Å². The van der Waals surface area contributed by atoms with E-state index in [1.54, 1.807) is 7.05 Å². The molecule has 1 heterocycles. The number of nitrogens with zero attached hydrogens (tertiary/aromatic N) is 2. The number of aliphatic imine (C=N–C) groups is 1. The second-order valence-corrected chi connectivity index (χ2v) is 6.94. The lowest BCUT2D eigenvalue weighted by atomic mass is 10.2. The van der Waals surface area contributed by atoms with E-state index in [0.717, 1.165) is 36.2 Å². The van der Waals surface area contributed by atoms with Crippen molar-refractivity contribution in [1.82, 2.24) is 16.0 Å². The van der Waals surface area contributed by atoms with Crippen LogP contribution in [0.1, 0.15) is 20.3 Å². The number of anilines is 1. The van der Waals surface area contributed by atoms with E-state index < -0.39 is 0 Å². The third-order valence-electron chi connectivity index (χ3n) is 4.17. The van der Waals surface area contributed by atoms with Crippen molar-refractivity contribution in [3.8, 4) is 0 Å². The minimum absolute atomic E-state index is 0.00778. The van der Waals surface area contributed by atoms with Gasteiger partial charge in [-0.2, -0.15) is 0 Å². The van der Waals surface area contributed by atoms with Gasteiger partial charge in [-0.05, 0) is 24.6 Å². The fourth-order valence-corrected chi connectivity index (χ4v) is 2.93. The highest BCUT2D eigenvalue weighted by Gasteiger charge is 2.23. The average molecular weight is 366 g/mol. The Morgan fingerprint density at radius 3 is 2.80 bits per heavy atom. The Balaban J connectivity index is 1.74. The summed E-state index contributed by atoms with van der Waals surface area (Å²) < 4.78 is 0. The van der Waals surface area contributed by atoms with Gasteiger partial charge in [-0.1, -0.05) is 31.5 Å². The highest BCUT2D eigenvalue weighted by molar-refractivity contribution is 6.30. The first-order valence-electron chi connectivity index (χ1n) is 8.75. The number of hydrogen-bond donors (Lipinski definition) is 3. The molecule has 1 aliphatic rings. The van der Waals surface area contributed by atoms with Gasteiger partial charge < -0.3 is 20.9 Å². The van der Waals surface area contributed by atoms with Crippen LogP contribution in [0.25, 0.3) is 0 Å². The van der Waals surface area contributed by atoms with Crippen LogP contribution in [0.2, 0.25) is 5.02 Å². The fourth-order valence-electron chi connectivity index (χ4n) is 2.74. The normalized spacial score (nSPS) is 17.7. The average Bonchev–Trinajstić information content (AvgIpc) is 3.05. The Morgan fingerprint density at radius 2 is 2.12 bits per heavy atom. The Hall–Kier alpha value is -1.95. The summed E-state index contributed by atoms with van der Waals surface area (Å²) in [6.45, 7) is 6.88. The molecule has 0 saturated carbocycles. The van der Waals surface area contributed by atoms with Crippen molar-refractivity contribution >= 4 is 29.2 Å². The minimum Gasteiger partial charge on any atom is -0.369 e. The molecular formula is C18H28ClN5O. The van der Waals surface area contributed by atoms with Crippen LogP contribution in [-0.4, -0.2) is 51.1 Å². The van der Waals surface area contributed by atoms with Gasteiger partial charge in [0.15, 0.2) is 5.96 Å². The molecule has 0 aliphatic carbocycles. The van der Waals surface area contributed by atoms with Crippen LogP contribution in [0.4, 0.5) is 5.69 Å². The Bertz CT molecular complexity index is 605. The first-order chi connectivity index (χ1) is 12.0. The molecule has 3 N–H and O–H groups in total. The van der Waals surface area contributed by atoms with Crippen LogP contribution < -0.4 is 20.9 Å². The summed E-state index contributed by atoms with van der Waals surface area (Å²) in [6, 6.07) is 8.27. The SMILES string of the molecule is CN=C(NCCNC(=O)C(C)C)NC1CCN(c2cccc(Cl)c2)C1.